The number of H-pyrrole nitrogens is 2. The Kier molecular flexibility index (Phi) is 5.39. The van der Waals surface area contributed by atoms with E-state index in [-0.39, 0.29) is 23.1 Å². The summed E-state index contributed by atoms with van der Waals surface area (Å²) in [6.07, 6.45) is 0.615. The van der Waals surface area contributed by atoms with Crippen molar-refractivity contribution in [2.45, 2.75) is 12.5 Å². The quantitative estimate of drug-likeness (QED) is 0.396. The fourth-order valence-corrected chi connectivity index (χ4v) is 3.67. The number of nitrogens with one attached hydrogen (secondary N) is 3. The maximum atomic E-state index is 12.2. The third kappa shape index (κ3) is 3.85. The molecule has 152 valence electrons. The highest BCUT2D eigenvalue weighted by atomic mass is 35.5. The number of imidazole rings is 1. The van der Waals surface area contributed by atoms with Crippen LogP contribution in [0.1, 0.15) is 27.8 Å². The molecule has 0 aliphatic rings. The Hall–Kier alpha value is -3.42. The van der Waals surface area contributed by atoms with Crippen LogP contribution < -0.4 is 16.6 Å². The van der Waals surface area contributed by atoms with Crippen molar-refractivity contribution in [3.63, 3.8) is 0 Å². The van der Waals surface area contributed by atoms with Gasteiger partial charge in [0.15, 0.2) is 0 Å². The van der Waals surface area contributed by atoms with Crippen LogP contribution in [0, 0.1) is 0 Å². The van der Waals surface area contributed by atoms with Crippen LogP contribution in [0.25, 0.3) is 22.2 Å². The molecule has 4 aromatic rings. The Labute approximate surface area is 177 Å². The number of rotatable bonds is 5. The van der Waals surface area contributed by atoms with Crippen LogP contribution in [-0.4, -0.2) is 27.9 Å². The molecule has 0 bridgehead atoms. The van der Waals surface area contributed by atoms with Crippen LogP contribution >= 0.6 is 11.6 Å². The number of nitrogens with zero attached hydrogens (tertiary/aromatic N) is 1. The summed E-state index contributed by atoms with van der Waals surface area (Å²) in [5, 5.41) is 3.52. The smallest absolute Gasteiger partial charge is 0.251 e. The summed E-state index contributed by atoms with van der Waals surface area (Å²) in [7, 11) is 1.52. The van der Waals surface area contributed by atoms with E-state index in [1.807, 2.05) is 30.3 Å². The van der Waals surface area contributed by atoms with Crippen molar-refractivity contribution in [2.24, 2.45) is 5.73 Å². The first-order valence-corrected chi connectivity index (χ1v) is 9.78. The van der Waals surface area contributed by atoms with Gasteiger partial charge in [0.05, 0.1) is 11.6 Å². The maximum absolute atomic E-state index is 12.2. The van der Waals surface area contributed by atoms with Crippen molar-refractivity contribution in [2.75, 3.05) is 7.05 Å². The van der Waals surface area contributed by atoms with Crippen LogP contribution in [-0.2, 0) is 6.42 Å². The van der Waals surface area contributed by atoms with Gasteiger partial charge in [-0.15, -0.1) is 0 Å². The third-order valence-electron chi connectivity index (χ3n) is 4.92. The molecule has 0 saturated heterocycles. The summed E-state index contributed by atoms with van der Waals surface area (Å²) in [6.45, 7) is 0. The lowest BCUT2D eigenvalue weighted by molar-refractivity contribution is 0.0964. The number of amides is 1. The summed E-state index contributed by atoms with van der Waals surface area (Å²) in [4.78, 5) is 34.5. The van der Waals surface area contributed by atoms with E-state index in [1.54, 1.807) is 18.2 Å². The van der Waals surface area contributed by atoms with Crippen LogP contribution in [0.5, 0.6) is 0 Å². The highest BCUT2D eigenvalue weighted by Gasteiger charge is 2.18. The highest BCUT2D eigenvalue weighted by Crippen LogP contribution is 2.30. The molecule has 2 aromatic carbocycles. The number of hydrogen-bond donors (Lipinski definition) is 4. The lowest BCUT2D eigenvalue weighted by atomic mass is 10.0. The second-order valence-electron chi connectivity index (χ2n) is 6.97. The molecule has 1 atom stereocenters. The van der Waals surface area contributed by atoms with Crippen LogP contribution in [0.15, 0.2) is 59.4 Å². The van der Waals surface area contributed by atoms with Gasteiger partial charge in [-0.05, 0) is 24.1 Å². The summed E-state index contributed by atoms with van der Waals surface area (Å²) >= 11 is 6.42. The van der Waals surface area contributed by atoms with Gasteiger partial charge >= 0.3 is 0 Å². The van der Waals surface area contributed by atoms with Crippen LogP contribution in [0.4, 0.5) is 0 Å². The molecule has 0 unspecified atom stereocenters. The maximum Gasteiger partial charge on any atom is 0.251 e. The Morgan fingerprint density at radius 3 is 2.67 bits per heavy atom. The molecule has 1 amide bonds. The number of nitrogens with two attached hydrogens (primary N) is 1. The van der Waals surface area contributed by atoms with E-state index in [2.05, 4.69) is 20.3 Å². The minimum Gasteiger partial charge on any atom is -0.355 e. The number of fused-ring (bicyclic) bond motifs is 1. The van der Waals surface area contributed by atoms with Crippen molar-refractivity contribution in [1.29, 1.82) is 0 Å². The zero-order valence-electron chi connectivity index (χ0n) is 16.2. The summed E-state index contributed by atoms with van der Waals surface area (Å²) in [5.41, 5.74) is 9.16. The molecule has 0 radical (unpaired) electrons. The molecule has 0 aliphatic carbocycles. The topological polar surface area (TPSA) is 117 Å². The van der Waals surface area contributed by atoms with Gasteiger partial charge in [-0.2, -0.15) is 0 Å². The van der Waals surface area contributed by atoms with E-state index in [1.165, 1.54) is 13.1 Å². The van der Waals surface area contributed by atoms with Gasteiger partial charge in [-0.1, -0.05) is 48.0 Å². The van der Waals surface area contributed by atoms with E-state index in [9.17, 15) is 9.59 Å². The number of carbonyl (C=O) groups is 1. The number of pyridine rings is 1. The molecule has 7 nitrogen and oxygen atoms in total. The van der Waals surface area contributed by atoms with Crippen molar-refractivity contribution >= 4 is 28.4 Å². The van der Waals surface area contributed by atoms with E-state index in [4.69, 9.17) is 17.3 Å². The molecule has 30 heavy (non-hydrogen) atoms. The fraction of sp³-hybridized carbons (Fsp3) is 0.136. The molecule has 0 fully saturated rings. The van der Waals surface area contributed by atoms with Gasteiger partial charge < -0.3 is 21.0 Å². The Morgan fingerprint density at radius 1 is 1.17 bits per heavy atom. The van der Waals surface area contributed by atoms with Gasteiger partial charge in [0, 0.05) is 29.6 Å². The van der Waals surface area contributed by atoms with Gasteiger partial charge in [-0.25, -0.2) is 4.98 Å². The fourth-order valence-electron chi connectivity index (χ4n) is 3.42. The lowest BCUT2D eigenvalue weighted by Gasteiger charge is -2.08. The van der Waals surface area contributed by atoms with E-state index in [0.717, 1.165) is 5.56 Å². The zero-order chi connectivity index (χ0) is 21.3. The van der Waals surface area contributed by atoms with Crippen LogP contribution in [0.3, 0.4) is 0 Å². The number of aromatic amines is 2. The minimum absolute atomic E-state index is 0.283. The monoisotopic (exact) mass is 421 g/mol. The molecule has 8 heteroatoms. The van der Waals surface area contributed by atoms with Gasteiger partial charge in [0.2, 0.25) is 5.56 Å². The Balaban J connectivity index is 1.73. The Bertz CT molecular complexity index is 1280. The van der Waals surface area contributed by atoms with E-state index >= 15 is 0 Å². The Morgan fingerprint density at radius 2 is 1.93 bits per heavy atom. The summed E-state index contributed by atoms with van der Waals surface area (Å²) in [6, 6.07) is 16.1. The van der Waals surface area contributed by atoms with Crippen molar-refractivity contribution in [3.8, 4) is 11.3 Å². The predicted molar refractivity (Wildman–Crippen MR) is 118 cm³/mol. The normalized spacial score (nSPS) is 12.1. The molecule has 0 saturated carbocycles. The molecule has 0 spiro atoms. The molecule has 2 heterocycles. The first-order chi connectivity index (χ1) is 14.5. The highest BCUT2D eigenvalue weighted by molar-refractivity contribution is 6.32. The average molecular weight is 422 g/mol. The largest absolute Gasteiger partial charge is 0.355 e. The van der Waals surface area contributed by atoms with Gasteiger partial charge in [0.1, 0.15) is 16.7 Å². The number of carbonyl (C=O) groups excluding carboxylic acids is 1. The van der Waals surface area contributed by atoms with Gasteiger partial charge in [0.25, 0.3) is 5.91 Å². The minimum atomic E-state index is -0.350. The molecule has 4 rings (SSSR count). The summed E-state index contributed by atoms with van der Waals surface area (Å²) in [5.74, 6) is 0.230. The first kappa shape index (κ1) is 19.9. The van der Waals surface area contributed by atoms with Crippen molar-refractivity contribution in [3.05, 3.63) is 87.1 Å². The molecule has 2 aromatic heterocycles. The number of hydrogen-bond acceptors (Lipinski definition) is 4. The number of benzene rings is 2. The van der Waals surface area contributed by atoms with Crippen molar-refractivity contribution in [1.82, 2.24) is 20.3 Å². The lowest BCUT2D eigenvalue weighted by Crippen LogP contribution is -2.21. The average Bonchev–Trinajstić information content (AvgIpc) is 3.14. The standard InChI is InChI=1S/C22H20ClN5O2/c1-25-22(30)15-11-18(29)26-17-8-7-13(10-14(15)17)19-20(23)28-21(27-19)16(24)9-12-5-3-2-4-6-12/h2-8,10-11,16H,9,24H2,1H3,(H,25,30)(H,26,29)(H,27,28)/t16-/m0/s1. The van der Waals surface area contributed by atoms with Gasteiger partial charge in [-0.3, -0.25) is 9.59 Å². The van der Waals surface area contributed by atoms with Crippen LogP contribution in [0.2, 0.25) is 5.15 Å². The second kappa shape index (κ2) is 8.14. The molecule has 0 aliphatic heterocycles. The second-order valence-corrected chi connectivity index (χ2v) is 7.35. The first-order valence-electron chi connectivity index (χ1n) is 9.40. The molecular weight excluding hydrogens is 402 g/mol. The molecular formula is C22H20ClN5O2. The third-order valence-corrected chi connectivity index (χ3v) is 5.19. The molecule has 5 N–H and O–H groups in total. The van der Waals surface area contributed by atoms with E-state index < -0.39 is 0 Å². The SMILES string of the molecule is CNC(=O)c1cc(=O)[nH]c2ccc(-c3nc([C@@H](N)Cc4ccccc4)[nH]c3Cl)cc12. The number of halogens is 1. The zero-order valence-corrected chi connectivity index (χ0v) is 17.0. The van der Waals surface area contributed by atoms with E-state index in [0.29, 0.717) is 39.6 Å². The number of aromatic nitrogens is 3. The predicted octanol–water partition coefficient (Wildman–Crippen LogP) is 3.17. The summed E-state index contributed by atoms with van der Waals surface area (Å²) < 4.78 is 0. The van der Waals surface area contributed by atoms with Crippen molar-refractivity contribution < 1.29 is 4.79 Å².